The van der Waals surface area contributed by atoms with E-state index in [1.165, 1.54) is 11.1 Å². The molecule has 0 aromatic carbocycles. The number of aliphatic carboxylic acids is 1. The molecule has 6 saturated carbocycles. The molecule has 2 heterocycles. The number of carbonyl (C=O) groups is 4. The number of ketones is 2. The largest absolute Gasteiger partial charge is 0.504 e. The zero-order chi connectivity index (χ0) is 54.6. The zero-order valence-corrected chi connectivity index (χ0v) is 48.5. The molecule has 12 atom stereocenters. The molecule has 12 aliphatic rings. The number of aliphatic hydroxyl groups is 4. The second kappa shape index (κ2) is 18.3. The molecule has 0 spiro atoms. The highest BCUT2D eigenvalue weighted by Gasteiger charge is 2.69. The third kappa shape index (κ3) is 7.85. The summed E-state index contributed by atoms with van der Waals surface area (Å²) in [5, 5.41) is 51.8. The molecule has 76 heavy (non-hydrogen) atoms. The van der Waals surface area contributed by atoms with Crippen LogP contribution in [0.2, 0.25) is 0 Å². The van der Waals surface area contributed by atoms with Gasteiger partial charge in [-0.25, -0.2) is 0 Å². The van der Waals surface area contributed by atoms with Crippen molar-refractivity contribution >= 4 is 35.9 Å². The lowest BCUT2D eigenvalue weighted by Crippen LogP contribution is -2.64. The predicted octanol–water partition coefficient (Wildman–Crippen LogP) is 11.9. The van der Waals surface area contributed by atoms with E-state index in [2.05, 4.69) is 91.9 Å². The van der Waals surface area contributed by atoms with Crippen molar-refractivity contribution in [1.82, 2.24) is 10.2 Å². The summed E-state index contributed by atoms with van der Waals surface area (Å²) in [7, 11) is 0. The quantitative estimate of drug-likeness (QED) is 0.156. The van der Waals surface area contributed by atoms with Gasteiger partial charge in [-0.2, -0.15) is 0 Å². The summed E-state index contributed by atoms with van der Waals surface area (Å²) in [6.07, 6.45) is 25.6. The fourth-order valence-corrected chi connectivity index (χ4v) is 18.6. The van der Waals surface area contributed by atoms with Crippen molar-refractivity contribution in [2.75, 3.05) is 26.2 Å². The number of aliphatic hydroxyl groups excluding tert-OH is 4. The second-order valence-corrected chi connectivity index (χ2v) is 28.7. The van der Waals surface area contributed by atoms with Crippen LogP contribution < -0.4 is 5.32 Å². The molecule has 0 bridgehead atoms. The van der Waals surface area contributed by atoms with Crippen LogP contribution in [-0.2, 0) is 19.2 Å². The van der Waals surface area contributed by atoms with Gasteiger partial charge < -0.3 is 35.7 Å². The van der Waals surface area contributed by atoms with Gasteiger partial charge in [-0.3, -0.25) is 19.2 Å². The number of carboxylic acid groups (broad SMARTS) is 1. The van der Waals surface area contributed by atoms with E-state index in [1.807, 2.05) is 25.7 Å². The Balaban J connectivity index is 0.000000169. The second-order valence-electron chi connectivity index (χ2n) is 28.7. The lowest BCUT2D eigenvalue weighted by molar-refractivity contribution is -0.179. The van der Waals surface area contributed by atoms with Gasteiger partial charge in [-0.15, -0.1) is 12.4 Å². The number of amides is 1. The smallest absolute Gasteiger partial charge is 0.309 e. The minimum atomic E-state index is -0.655. The van der Waals surface area contributed by atoms with E-state index in [1.54, 1.807) is 12.2 Å². The number of halogens is 1. The first-order valence-electron chi connectivity index (χ1n) is 28.6. The van der Waals surface area contributed by atoms with Crippen molar-refractivity contribution in [2.45, 2.75) is 185 Å². The maximum atomic E-state index is 13.6. The Bertz CT molecular complexity index is 2820. The molecule has 8 fully saturated rings. The van der Waals surface area contributed by atoms with Gasteiger partial charge in [0.15, 0.2) is 11.5 Å². The van der Waals surface area contributed by atoms with Crippen LogP contribution in [0.4, 0.5) is 0 Å². The SMILES string of the molecule is CC1=C(O)C(=O)C=C2C1=CC=C1[C@@]2(C)CC[C@@]2(C)[C@@H]3C[C@](C)(C(=O)N4CC(O)C4)CC[C@]3(C)CC[C@]12C.CC1=C(O)C(=O)C=C2C1=CC=C1[C@@]2(C)CC[C@@]2(C)[C@@H]3C[C@](C)(C(=O)O)CC[C@]3(C)CC[C@]12C.Cl.OC1CNC1. The van der Waals surface area contributed by atoms with Gasteiger partial charge in [-0.05, 0) is 189 Å². The Morgan fingerprint density at radius 3 is 1.30 bits per heavy atom. The summed E-state index contributed by atoms with van der Waals surface area (Å²) in [6.45, 7) is 29.6. The molecule has 12 heteroatoms. The Hall–Kier alpha value is -4.03. The number of hydrogen-bond donors (Lipinski definition) is 6. The minimum absolute atomic E-state index is 0. The third-order valence-electron chi connectivity index (χ3n) is 24.7. The Morgan fingerprint density at radius 2 is 0.934 bits per heavy atom. The van der Waals surface area contributed by atoms with Crippen LogP contribution in [-0.4, -0.2) is 92.3 Å². The van der Waals surface area contributed by atoms with E-state index < -0.39 is 11.4 Å². The monoisotopic (exact) mass is 1060 g/mol. The van der Waals surface area contributed by atoms with Gasteiger partial charge in [0.25, 0.3) is 0 Å². The summed E-state index contributed by atoms with van der Waals surface area (Å²) in [4.78, 5) is 53.0. The highest BCUT2D eigenvalue weighted by atomic mass is 35.5. The summed E-state index contributed by atoms with van der Waals surface area (Å²) in [6, 6.07) is 0. The minimum Gasteiger partial charge on any atom is -0.504 e. The number of nitrogens with zero attached hydrogens (tertiary/aromatic N) is 1. The van der Waals surface area contributed by atoms with Gasteiger partial charge in [0.1, 0.15) is 0 Å². The predicted molar refractivity (Wildman–Crippen MR) is 298 cm³/mol. The summed E-state index contributed by atoms with van der Waals surface area (Å²) < 4.78 is 0. The first kappa shape index (κ1) is 56.7. The molecule has 10 aliphatic carbocycles. The van der Waals surface area contributed by atoms with Crippen LogP contribution in [0.3, 0.4) is 0 Å². The molecule has 416 valence electrons. The van der Waals surface area contributed by atoms with Crippen molar-refractivity contribution in [3.63, 3.8) is 0 Å². The molecule has 2 aliphatic heterocycles. The zero-order valence-electron chi connectivity index (χ0n) is 47.7. The molecular weight excluding hydrogens is 976 g/mol. The molecule has 11 nitrogen and oxygen atoms in total. The lowest BCUT2D eigenvalue weighted by Gasteiger charge is -2.70. The van der Waals surface area contributed by atoms with Gasteiger partial charge in [-0.1, -0.05) is 97.8 Å². The molecule has 2 saturated heterocycles. The van der Waals surface area contributed by atoms with Crippen molar-refractivity contribution in [2.24, 2.45) is 66.0 Å². The number of nitrogens with one attached hydrogen (secondary N) is 1. The maximum Gasteiger partial charge on any atom is 0.309 e. The number of fused-ring (bicyclic) bond motifs is 14. The van der Waals surface area contributed by atoms with Crippen LogP contribution in [0.25, 0.3) is 0 Å². The van der Waals surface area contributed by atoms with Crippen LogP contribution in [0.5, 0.6) is 0 Å². The number of carbonyl (C=O) groups excluding carboxylic acids is 3. The Kier molecular flexibility index (Phi) is 13.6. The number of carboxylic acids is 1. The van der Waals surface area contributed by atoms with E-state index in [0.717, 1.165) is 125 Å². The normalized spacial score (nSPS) is 44.2. The molecule has 0 aromatic heterocycles. The highest BCUT2D eigenvalue weighted by Crippen LogP contribution is 2.77. The van der Waals surface area contributed by atoms with Crippen LogP contribution >= 0.6 is 12.4 Å². The molecule has 0 radical (unpaired) electrons. The van der Waals surface area contributed by atoms with E-state index >= 15 is 0 Å². The molecule has 1 amide bonds. The van der Waals surface area contributed by atoms with Gasteiger partial charge in [0, 0.05) is 53.6 Å². The van der Waals surface area contributed by atoms with Crippen molar-refractivity contribution in [3.8, 4) is 0 Å². The molecule has 6 N–H and O–H groups in total. The summed E-state index contributed by atoms with van der Waals surface area (Å²) in [5.74, 6) is -0.483. The Morgan fingerprint density at radius 1 is 0.553 bits per heavy atom. The number of likely N-dealkylation sites (tertiary alicyclic amines) is 1. The number of hydrogen-bond acceptors (Lipinski definition) is 9. The summed E-state index contributed by atoms with van der Waals surface area (Å²) >= 11 is 0. The molecular formula is C64H89ClN2O9. The van der Waals surface area contributed by atoms with E-state index in [4.69, 9.17) is 5.11 Å². The average Bonchev–Trinajstić information content (AvgIpc) is 3.34. The topological polar surface area (TPSA) is 185 Å². The first-order valence-corrected chi connectivity index (χ1v) is 28.6. The first-order chi connectivity index (χ1) is 34.8. The third-order valence-corrected chi connectivity index (χ3v) is 24.7. The van der Waals surface area contributed by atoms with Gasteiger partial charge >= 0.3 is 5.97 Å². The van der Waals surface area contributed by atoms with Crippen molar-refractivity contribution < 1.29 is 44.7 Å². The van der Waals surface area contributed by atoms with Crippen molar-refractivity contribution in [3.05, 3.63) is 92.6 Å². The van der Waals surface area contributed by atoms with E-state index in [0.29, 0.717) is 36.1 Å². The van der Waals surface area contributed by atoms with Crippen LogP contribution in [0, 0.1) is 66.0 Å². The fourth-order valence-electron chi connectivity index (χ4n) is 18.6. The highest BCUT2D eigenvalue weighted by molar-refractivity contribution is 6.07. The number of allylic oxidation sites excluding steroid dienone is 14. The number of β-amino-alcohol motifs (C(OH)–C–C–N with tert-alkyl or cyclic N) is 2. The van der Waals surface area contributed by atoms with Crippen LogP contribution in [0.1, 0.15) is 173 Å². The maximum absolute atomic E-state index is 13.6. The Labute approximate surface area is 458 Å². The summed E-state index contributed by atoms with van der Waals surface area (Å²) in [5.41, 5.74) is 7.13. The average molecular weight is 1070 g/mol. The fraction of sp³-hybridized carbons (Fsp3) is 0.688. The van der Waals surface area contributed by atoms with Gasteiger partial charge in [0.05, 0.1) is 17.6 Å². The van der Waals surface area contributed by atoms with Crippen LogP contribution in [0.15, 0.2) is 92.6 Å². The van der Waals surface area contributed by atoms with Gasteiger partial charge in [0.2, 0.25) is 17.5 Å². The standard InChI is InChI=1S/C32H43NO4.C29H38O4.C3H7NO.ClH/c1-19-21-7-8-24-30(4,22(21)15-23(35)26(19)36)12-14-32(6)25-16-29(3,27(37)33-17-20(34)18-33)10-9-28(25,2)11-13-31(24,32)5;1-17-18-7-8-21-27(4,19(18)15-20(30)23(17)31)12-14-29(6)22-16-26(3,24(32)33)10-9-25(22,2)11-13-28(21,29)5;5-3-1-4-2-3;/h7-8,15,20,25,34,36H,9-14,16-18H2,1-6H3;7-8,15,22,31H,9-14,16H2,1-6H3,(H,32,33);3-5H,1-2H2;1H/t25-,28-,29-,30+,31-,32+;22-,25-,26-,27+,28-,29+;;/m11../s1. The van der Waals surface area contributed by atoms with E-state index in [-0.39, 0.29) is 102 Å². The van der Waals surface area contributed by atoms with E-state index in [9.17, 15) is 39.6 Å². The molecule has 12 rings (SSSR count). The van der Waals surface area contributed by atoms with Crippen molar-refractivity contribution in [1.29, 1.82) is 0 Å². The lowest BCUT2D eigenvalue weighted by atomic mass is 9.34. The number of rotatable bonds is 2. The molecule has 0 aromatic rings. The molecule has 0 unspecified atom stereocenters.